The first-order valence-corrected chi connectivity index (χ1v) is 9.25. The third-order valence-electron chi connectivity index (χ3n) is 4.28. The van der Waals surface area contributed by atoms with Gasteiger partial charge in [-0.25, -0.2) is 4.98 Å². The van der Waals surface area contributed by atoms with Gasteiger partial charge in [0, 0.05) is 35.9 Å². The molecule has 0 unspecified atom stereocenters. The van der Waals surface area contributed by atoms with Crippen molar-refractivity contribution in [3.8, 4) is 0 Å². The first-order valence-electron chi connectivity index (χ1n) is 8.46. The highest BCUT2D eigenvalue weighted by atomic mass is 79.9. The van der Waals surface area contributed by atoms with Gasteiger partial charge in [0.15, 0.2) is 0 Å². The number of pyridine rings is 1. The van der Waals surface area contributed by atoms with Crippen LogP contribution in [0.15, 0.2) is 47.1 Å². The standard InChI is InChI=1S/C19H22BrN3O/c20-17-7-5-6-16(12-17)19(24)22-14-15-8-9-18(21-13-15)23-10-3-1-2-4-11-23/h5-9,12-13H,1-4,10-11,14H2,(H,22,24). The number of hydrogen-bond acceptors (Lipinski definition) is 3. The van der Waals surface area contributed by atoms with Crippen LogP contribution in [0.2, 0.25) is 0 Å². The van der Waals surface area contributed by atoms with Crippen molar-refractivity contribution in [2.45, 2.75) is 32.2 Å². The molecule has 1 aromatic carbocycles. The Bertz CT molecular complexity index is 679. The van der Waals surface area contributed by atoms with Crippen molar-refractivity contribution in [2.24, 2.45) is 0 Å². The molecular weight excluding hydrogens is 366 g/mol. The van der Waals surface area contributed by atoms with Gasteiger partial charge in [0.25, 0.3) is 5.91 Å². The number of carbonyl (C=O) groups is 1. The molecule has 1 aliphatic heterocycles. The van der Waals surface area contributed by atoms with Gasteiger partial charge in [-0.3, -0.25) is 4.79 Å². The third-order valence-corrected chi connectivity index (χ3v) is 4.77. The zero-order valence-corrected chi connectivity index (χ0v) is 15.3. The van der Waals surface area contributed by atoms with Crippen LogP contribution in [0.25, 0.3) is 0 Å². The first-order chi connectivity index (χ1) is 11.7. The molecule has 1 saturated heterocycles. The van der Waals surface area contributed by atoms with Gasteiger partial charge in [-0.2, -0.15) is 0 Å². The van der Waals surface area contributed by atoms with Crippen LogP contribution in [0, 0.1) is 0 Å². The van der Waals surface area contributed by atoms with Gasteiger partial charge in [-0.05, 0) is 42.7 Å². The molecule has 0 atom stereocenters. The number of hydrogen-bond donors (Lipinski definition) is 1. The number of amides is 1. The van der Waals surface area contributed by atoms with Crippen LogP contribution >= 0.6 is 15.9 Å². The number of benzene rings is 1. The minimum Gasteiger partial charge on any atom is -0.357 e. The lowest BCUT2D eigenvalue weighted by molar-refractivity contribution is 0.0951. The molecule has 1 N–H and O–H groups in total. The molecule has 0 bridgehead atoms. The van der Waals surface area contributed by atoms with Gasteiger partial charge in [0.2, 0.25) is 0 Å². The average Bonchev–Trinajstić information content (AvgIpc) is 2.89. The van der Waals surface area contributed by atoms with Crippen molar-refractivity contribution in [1.82, 2.24) is 10.3 Å². The number of nitrogens with one attached hydrogen (secondary N) is 1. The van der Waals surface area contributed by atoms with E-state index in [1.165, 1.54) is 25.7 Å². The Morgan fingerprint density at radius 2 is 1.92 bits per heavy atom. The van der Waals surface area contributed by atoms with Gasteiger partial charge in [-0.1, -0.05) is 40.9 Å². The van der Waals surface area contributed by atoms with Crippen molar-refractivity contribution in [3.05, 3.63) is 58.2 Å². The van der Waals surface area contributed by atoms with E-state index in [4.69, 9.17) is 0 Å². The molecule has 4 nitrogen and oxygen atoms in total. The summed E-state index contributed by atoms with van der Waals surface area (Å²) in [7, 11) is 0. The molecule has 0 saturated carbocycles. The highest BCUT2D eigenvalue weighted by molar-refractivity contribution is 9.10. The van der Waals surface area contributed by atoms with Crippen molar-refractivity contribution in [2.75, 3.05) is 18.0 Å². The van der Waals surface area contributed by atoms with E-state index < -0.39 is 0 Å². The summed E-state index contributed by atoms with van der Waals surface area (Å²) in [5.41, 5.74) is 1.66. The smallest absolute Gasteiger partial charge is 0.251 e. The fourth-order valence-electron chi connectivity index (χ4n) is 2.92. The highest BCUT2D eigenvalue weighted by Gasteiger charge is 2.11. The van der Waals surface area contributed by atoms with Crippen LogP contribution in [0.1, 0.15) is 41.6 Å². The average molecular weight is 388 g/mol. The van der Waals surface area contributed by atoms with E-state index in [9.17, 15) is 4.79 Å². The Morgan fingerprint density at radius 3 is 2.58 bits per heavy atom. The van der Waals surface area contributed by atoms with E-state index in [2.05, 4.69) is 43.3 Å². The molecule has 1 amide bonds. The summed E-state index contributed by atoms with van der Waals surface area (Å²) in [6, 6.07) is 11.5. The number of aromatic nitrogens is 1. The number of halogens is 1. The van der Waals surface area contributed by atoms with Crippen molar-refractivity contribution < 1.29 is 4.79 Å². The van der Waals surface area contributed by atoms with Crippen molar-refractivity contribution >= 4 is 27.7 Å². The SMILES string of the molecule is O=C(NCc1ccc(N2CCCCCC2)nc1)c1cccc(Br)c1. The topological polar surface area (TPSA) is 45.2 Å². The minimum absolute atomic E-state index is 0.0760. The van der Waals surface area contributed by atoms with E-state index in [-0.39, 0.29) is 5.91 Å². The van der Waals surface area contributed by atoms with Gasteiger partial charge in [0.05, 0.1) is 0 Å². The fraction of sp³-hybridized carbons (Fsp3) is 0.368. The molecular formula is C19H22BrN3O. The largest absolute Gasteiger partial charge is 0.357 e. The van der Waals surface area contributed by atoms with Crippen LogP contribution in [-0.2, 0) is 6.54 Å². The molecule has 5 heteroatoms. The van der Waals surface area contributed by atoms with Crippen LogP contribution in [0.4, 0.5) is 5.82 Å². The Labute approximate surface area is 151 Å². The highest BCUT2D eigenvalue weighted by Crippen LogP contribution is 2.17. The second-order valence-corrected chi connectivity index (χ2v) is 7.03. The van der Waals surface area contributed by atoms with Gasteiger partial charge < -0.3 is 10.2 Å². The molecule has 0 aliphatic carbocycles. The van der Waals surface area contributed by atoms with Gasteiger partial charge >= 0.3 is 0 Å². The lowest BCUT2D eigenvalue weighted by Crippen LogP contribution is -2.25. The van der Waals surface area contributed by atoms with Crippen LogP contribution in [0.3, 0.4) is 0 Å². The summed E-state index contributed by atoms with van der Waals surface area (Å²) in [6.07, 6.45) is 6.98. The molecule has 2 aromatic rings. The monoisotopic (exact) mass is 387 g/mol. The Hall–Kier alpha value is -1.88. The molecule has 0 radical (unpaired) electrons. The van der Waals surface area contributed by atoms with E-state index >= 15 is 0 Å². The normalized spacial score (nSPS) is 15.0. The Balaban J connectivity index is 1.57. The van der Waals surface area contributed by atoms with Crippen LogP contribution < -0.4 is 10.2 Å². The zero-order valence-electron chi connectivity index (χ0n) is 13.7. The van der Waals surface area contributed by atoms with Gasteiger partial charge in [-0.15, -0.1) is 0 Å². The summed E-state index contributed by atoms with van der Waals surface area (Å²) in [5.74, 6) is 0.965. The molecule has 0 spiro atoms. The predicted molar refractivity (Wildman–Crippen MR) is 100 cm³/mol. The van der Waals surface area contributed by atoms with E-state index in [0.29, 0.717) is 12.1 Å². The van der Waals surface area contributed by atoms with Crippen LogP contribution in [-0.4, -0.2) is 24.0 Å². The maximum absolute atomic E-state index is 12.2. The van der Waals surface area contributed by atoms with Gasteiger partial charge in [0.1, 0.15) is 5.82 Å². The number of anilines is 1. The summed E-state index contributed by atoms with van der Waals surface area (Å²) < 4.78 is 0.901. The van der Waals surface area contributed by atoms with Crippen LogP contribution in [0.5, 0.6) is 0 Å². The fourth-order valence-corrected chi connectivity index (χ4v) is 3.32. The molecule has 1 aromatic heterocycles. The summed E-state index contributed by atoms with van der Waals surface area (Å²) in [5, 5.41) is 2.94. The van der Waals surface area contributed by atoms with E-state index in [0.717, 1.165) is 28.9 Å². The zero-order chi connectivity index (χ0) is 16.8. The molecule has 24 heavy (non-hydrogen) atoms. The lowest BCUT2D eigenvalue weighted by Gasteiger charge is -2.21. The second-order valence-electron chi connectivity index (χ2n) is 6.12. The van der Waals surface area contributed by atoms with Crippen molar-refractivity contribution in [1.29, 1.82) is 0 Å². The third kappa shape index (κ3) is 4.57. The molecule has 1 aliphatic rings. The number of nitrogens with zero attached hydrogens (tertiary/aromatic N) is 2. The summed E-state index contributed by atoms with van der Waals surface area (Å²) >= 11 is 3.38. The Morgan fingerprint density at radius 1 is 1.12 bits per heavy atom. The molecule has 3 rings (SSSR count). The predicted octanol–water partition coefficient (Wildman–Crippen LogP) is 4.15. The van der Waals surface area contributed by atoms with E-state index in [1.807, 2.05) is 24.4 Å². The lowest BCUT2D eigenvalue weighted by atomic mass is 10.2. The number of rotatable bonds is 4. The second kappa shape index (κ2) is 8.29. The van der Waals surface area contributed by atoms with Crippen molar-refractivity contribution in [3.63, 3.8) is 0 Å². The Kier molecular flexibility index (Phi) is 5.86. The first kappa shape index (κ1) is 17.0. The molecule has 126 valence electrons. The number of carbonyl (C=O) groups excluding carboxylic acids is 1. The maximum Gasteiger partial charge on any atom is 0.251 e. The summed E-state index contributed by atoms with van der Waals surface area (Å²) in [6.45, 7) is 2.66. The quantitative estimate of drug-likeness (QED) is 0.856. The maximum atomic E-state index is 12.2. The van der Waals surface area contributed by atoms with E-state index in [1.54, 1.807) is 6.07 Å². The molecule has 1 fully saturated rings. The minimum atomic E-state index is -0.0760. The molecule has 2 heterocycles. The summed E-state index contributed by atoms with van der Waals surface area (Å²) in [4.78, 5) is 19.1.